The van der Waals surface area contributed by atoms with Crippen LogP contribution in [0.3, 0.4) is 0 Å². The maximum absolute atomic E-state index is 13.3. The molecule has 1 heterocycles. The fraction of sp³-hybridized carbons (Fsp3) is 0.263. The standard InChI is InChI=1S/C19H15ClF3NO4S/c1-19(27)7-11(28-18(19)26)8-29-15-4-9(2-3-12(15)20)17(25)24-10-5-13(21)16(23)14(22)6-10/h2-6,11,27H,7-8H2,1H3,(H,24,25). The number of aliphatic hydroxyl groups is 1. The van der Waals surface area contributed by atoms with Gasteiger partial charge in [-0.15, -0.1) is 11.8 Å². The second-order valence-electron chi connectivity index (χ2n) is 6.67. The molecule has 2 unspecified atom stereocenters. The molecule has 0 aliphatic carbocycles. The average Bonchev–Trinajstić information content (AvgIpc) is 2.90. The molecule has 0 aromatic heterocycles. The molecule has 1 saturated heterocycles. The van der Waals surface area contributed by atoms with Crippen molar-refractivity contribution in [3.8, 4) is 0 Å². The predicted molar refractivity (Wildman–Crippen MR) is 102 cm³/mol. The van der Waals surface area contributed by atoms with E-state index in [9.17, 15) is 27.9 Å². The first-order chi connectivity index (χ1) is 13.6. The summed E-state index contributed by atoms with van der Waals surface area (Å²) in [5.41, 5.74) is -1.62. The predicted octanol–water partition coefficient (Wildman–Crippen LogP) is 4.17. The third-order valence-electron chi connectivity index (χ3n) is 4.20. The van der Waals surface area contributed by atoms with Crippen LogP contribution in [0.15, 0.2) is 35.2 Å². The van der Waals surface area contributed by atoms with Gasteiger partial charge >= 0.3 is 5.97 Å². The van der Waals surface area contributed by atoms with Gasteiger partial charge in [-0.3, -0.25) is 4.79 Å². The highest BCUT2D eigenvalue weighted by Crippen LogP contribution is 2.33. The number of hydrogen-bond acceptors (Lipinski definition) is 5. The SMILES string of the molecule is CC1(O)CC(CSc2cc(C(=O)Nc3cc(F)c(F)c(F)c3)ccc2Cl)OC1=O. The molecule has 1 aliphatic rings. The molecule has 1 fully saturated rings. The van der Waals surface area contributed by atoms with Crippen LogP contribution in [0.25, 0.3) is 0 Å². The van der Waals surface area contributed by atoms with Gasteiger partial charge < -0.3 is 15.2 Å². The van der Waals surface area contributed by atoms with Crippen molar-refractivity contribution in [1.82, 2.24) is 0 Å². The molecule has 10 heteroatoms. The van der Waals surface area contributed by atoms with Crippen LogP contribution >= 0.6 is 23.4 Å². The van der Waals surface area contributed by atoms with Crippen LogP contribution in [0.5, 0.6) is 0 Å². The van der Waals surface area contributed by atoms with E-state index in [1.54, 1.807) is 0 Å². The summed E-state index contributed by atoms with van der Waals surface area (Å²) in [5.74, 6) is -5.53. The van der Waals surface area contributed by atoms with Crippen molar-refractivity contribution in [2.45, 2.75) is 29.9 Å². The van der Waals surface area contributed by atoms with Gasteiger partial charge in [-0.05, 0) is 25.1 Å². The Morgan fingerprint density at radius 2 is 1.97 bits per heavy atom. The molecule has 1 amide bonds. The van der Waals surface area contributed by atoms with Gasteiger partial charge in [0.15, 0.2) is 23.1 Å². The molecule has 5 nitrogen and oxygen atoms in total. The van der Waals surface area contributed by atoms with Crippen molar-refractivity contribution in [2.24, 2.45) is 0 Å². The lowest BCUT2D eigenvalue weighted by molar-refractivity contribution is -0.153. The number of amides is 1. The Labute approximate surface area is 173 Å². The number of rotatable bonds is 5. The highest BCUT2D eigenvalue weighted by Gasteiger charge is 2.43. The second kappa shape index (κ2) is 8.25. The van der Waals surface area contributed by atoms with Crippen molar-refractivity contribution in [3.63, 3.8) is 0 Å². The summed E-state index contributed by atoms with van der Waals surface area (Å²) in [5, 5.41) is 12.5. The molecule has 0 spiro atoms. The number of ether oxygens (including phenoxy) is 1. The van der Waals surface area contributed by atoms with E-state index in [1.807, 2.05) is 0 Å². The summed E-state index contributed by atoms with van der Waals surface area (Å²) in [4.78, 5) is 24.4. The van der Waals surface area contributed by atoms with Crippen molar-refractivity contribution in [1.29, 1.82) is 0 Å². The zero-order valence-electron chi connectivity index (χ0n) is 15.0. The van der Waals surface area contributed by atoms with E-state index in [0.717, 1.165) is 0 Å². The monoisotopic (exact) mass is 445 g/mol. The van der Waals surface area contributed by atoms with Crippen LogP contribution in [-0.2, 0) is 9.53 Å². The summed E-state index contributed by atoms with van der Waals surface area (Å²) in [7, 11) is 0. The quantitative estimate of drug-likeness (QED) is 0.410. The smallest absolute Gasteiger partial charge is 0.338 e. The zero-order chi connectivity index (χ0) is 21.3. The topological polar surface area (TPSA) is 75.6 Å². The van der Waals surface area contributed by atoms with E-state index in [1.165, 1.54) is 36.9 Å². The average molecular weight is 446 g/mol. The molecule has 2 atom stereocenters. The largest absolute Gasteiger partial charge is 0.459 e. The number of halogens is 4. The maximum Gasteiger partial charge on any atom is 0.338 e. The van der Waals surface area contributed by atoms with Gasteiger partial charge in [0.2, 0.25) is 0 Å². The highest BCUT2D eigenvalue weighted by atomic mass is 35.5. The van der Waals surface area contributed by atoms with Crippen LogP contribution in [0.2, 0.25) is 5.02 Å². The Kier molecular flexibility index (Phi) is 6.11. The number of anilines is 1. The molecule has 0 saturated carbocycles. The van der Waals surface area contributed by atoms with Crippen LogP contribution in [-0.4, -0.2) is 34.4 Å². The Bertz CT molecular complexity index is 963. The molecular weight excluding hydrogens is 431 g/mol. The number of benzene rings is 2. The number of carbonyl (C=O) groups is 2. The molecule has 2 N–H and O–H groups in total. The van der Waals surface area contributed by atoms with Crippen molar-refractivity contribution >= 4 is 40.9 Å². The van der Waals surface area contributed by atoms with E-state index in [0.29, 0.717) is 27.8 Å². The lowest BCUT2D eigenvalue weighted by Gasteiger charge is -2.12. The molecule has 154 valence electrons. The first kappa shape index (κ1) is 21.5. The van der Waals surface area contributed by atoms with Gasteiger partial charge in [0.25, 0.3) is 5.91 Å². The van der Waals surface area contributed by atoms with Gasteiger partial charge in [-0.1, -0.05) is 11.6 Å². The van der Waals surface area contributed by atoms with E-state index in [4.69, 9.17) is 16.3 Å². The molecule has 2 aromatic carbocycles. The molecular formula is C19H15ClF3NO4S. The normalized spacial score (nSPS) is 21.2. The molecule has 0 bridgehead atoms. The van der Waals surface area contributed by atoms with Gasteiger partial charge in [-0.2, -0.15) is 0 Å². The number of thioether (sulfide) groups is 1. The first-order valence-electron chi connectivity index (χ1n) is 8.38. The van der Waals surface area contributed by atoms with Crippen molar-refractivity contribution in [2.75, 3.05) is 11.1 Å². The summed E-state index contributed by atoms with van der Waals surface area (Å²) < 4.78 is 44.7. The number of esters is 1. The molecule has 3 rings (SSSR count). The number of nitrogens with one attached hydrogen (secondary N) is 1. The van der Waals surface area contributed by atoms with Crippen LogP contribution in [0, 0.1) is 17.5 Å². The van der Waals surface area contributed by atoms with Gasteiger partial charge in [-0.25, -0.2) is 18.0 Å². The number of carbonyl (C=O) groups excluding carboxylic acids is 2. The highest BCUT2D eigenvalue weighted by molar-refractivity contribution is 7.99. The van der Waals surface area contributed by atoms with E-state index < -0.39 is 41.0 Å². The molecule has 2 aromatic rings. The summed E-state index contributed by atoms with van der Waals surface area (Å²) in [6.07, 6.45) is -0.376. The van der Waals surface area contributed by atoms with Gasteiger partial charge in [0.1, 0.15) is 6.10 Å². The number of cyclic esters (lactones) is 1. The van der Waals surface area contributed by atoms with Crippen LogP contribution in [0.1, 0.15) is 23.7 Å². The minimum absolute atomic E-state index is 0.137. The van der Waals surface area contributed by atoms with E-state index in [-0.39, 0.29) is 17.7 Å². The van der Waals surface area contributed by atoms with Crippen LogP contribution in [0.4, 0.5) is 18.9 Å². The molecule has 1 aliphatic heterocycles. The molecule has 29 heavy (non-hydrogen) atoms. The third kappa shape index (κ3) is 4.85. The maximum atomic E-state index is 13.3. The van der Waals surface area contributed by atoms with Crippen LogP contribution < -0.4 is 5.32 Å². The van der Waals surface area contributed by atoms with Crippen molar-refractivity contribution in [3.05, 3.63) is 58.4 Å². The summed E-state index contributed by atoms with van der Waals surface area (Å²) in [6.45, 7) is 1.37. The Hall–Kier alpha value is -2.23. The minimum Gasteiger partial charge on any atom is -0.459 e. The van der Waals surface area contributed by atoms with E-state index >= 15 is 0 Å². The zero-order valence-corrected chi connectivity index (χ0v) is 16.5. The third-order valence-corrected chi connectivity index (χ3v) is 5.83. The Balaban J connectivity index is 1.70. The van der Waals surface area contributed by atoms with Gasteiger partial charge in [0.05, 0.1) is 5.02 Å². The Morgan fingerprint density at radius 3 is 2.55 bits per heavy atom. The van der Waals surface area contributed by atoms with E-state index in [2.05, 4.69) is 5.32 Å². The van der Waals surface area contributed by atoms with Gasteiger partial charge in [0, 0.05) is 40.5 Å². The van der Waals surface area contributed by atoms with Crippen molar-refractivity contribution < 1.29 is 32.6 Å². The fourth-order valence-corrected chi connectivity index (χ4v) is 3.96. The summed E-state index contributed by atoms with van der Waals surface area (Å²) >= 11 is 7.36. The minimum atomic E-state index is -1.63. The second-order valence-corrected chi connectivity index (χ2v) is 8.14. The lowest BCUT2D eigenvalue weighted by atomic mass is 10.0. The first-order valence-corrected chi connectivity index (χ1v) is 9.75. The lowest BCUT2D eigenvalue weighted by Crippen LogP contribution is -2.29. The fourth-order valence-electron chi connectivity index (χ4n) is 2.71. The molecule has 0 radical (unpaired) electrons. The Morgan fingerprint density at radius 1 is 1.31 bits per heavy atom. The number of hydrogen-bond donors (Lipinski definition) is 2. The summed E-state index contributed by atoms with van der Waals surface area (Å²) in [6, 6.07) is 5.69.